The van der Waals surface area contributed by atoms with Crippen LogP contribution >= 0.6 is 0 Å². The Balaban J connectivity index is 1.94. The average Bonchev–Trinajstić information content (AvgIpc) is 2.54. The van der Waals surface area contributed by atoms with Crippen LogP contribution in [0.3, 0.4) is 0 Å². The van der Waals surface area contributed by atoms with E-state index < -0.39 is 24.0 Å². The third-order valence-electron chi connectivity index (χ3n) is 3.37. The summed E-state index contributed by atoms with van der Waals surface area (Å²) < 4.78 is 18.1. The number of carbonyl (C=O) groups is 1. The molecule has 0 aromatic heterocycles. The molecule has 2 aromatic rings. The number of ether oxygens (including phenoxy) is 1. The van der Waals surface area contributed by atoms with Crippen LogP contribution in [0.5, 0.6) is 5.75 Å². The number of aliphatic hydroxyl groups excluding tert-OH is 1. The van der Waals surface area contributed by atoms with E-state index in [9.17, 15) is 14.3 Å². The van der Waals surface area contributed by atoms with Crippen molar-refractivity contribution in [1.82, 2.24) is 5.32 Å². The van der Waals surface area contributed by atoms with Crippen molar-refractivity contribution < 1.29 is 19.0 Å². The van der Waals surface area contributed by atoms with Gasteiger partial charge < -0.3 is 20.5 Å². The van der Waals surface area contributed by atoms with E-state index in [0.29, 0.717) is 17.0 Å². The van der Waals surface area contributed by atoms with Crippen LogP contribution in [-0.2, 0) is 0 Å². The van der Waals surface area contributed by atoms with Gasteiger partial charge >= 0.3 is 6.03 Å². The topological polar surface area (TPSA) is 70.6 Å². The summed E-state index contributed by atoms with van der Waals surface area (Å²) in [6, 6.07) is 11.5. The first-order valence-corrected chi connectivity index (χ1v) is 7.14. The Bertz CT molecular complexity index is 661. The van der Waals surface area contributed by atoms with Crippen molar-refractivity contribution in [3.63, 3.8) is 0 Å². The second-order valence-electron chi connectivity index (χ2n) is 5.12. The molecule has 0 fully saturated rings. The maximum absolute atomic E-state index is 13.1. The molecule has 0 spiro atoms. The minimum absolute atomic E-state index is 0.341. The van der Waals surface area contributed by atoms with E-state index in [1.54, 1.807) is 44.4 Å². The molecule has 2 amide bonds. The molecule has 5 nitrogen and oxygen atoms in total. The van der Waals surface area contributed by atoms with Crippen molar-refractivity contribution in [3.8, 4) is 5.75 Å². The molecule has 2 unspecified atom stereocenters. The molecular formula is C17H19FN2O3. The van der Waals surface area contributed by atoms with Crippen LogP contribution in [0, 0.1) is 5.82 Å². The maximum Gasteiger partial charge on any atom is 0.319 e. The Hall–Kier alpha value is -2.60. The first-order chi connectivity index (χ1) is 11.0. The highest BCUT2D eigenvalue weighted by molar-refractivity contribution is 5.89. The Morgan fingerprint density at radius 2 is 1.91 bits per heavy atom. The van der Waals surface area contributed by atoms with Crippen molar-refractivity contribution >= 4 is 11.7 Å². The van der Waals surface area contributed by atoms with Crippen molar-refractivity contribution in [2.45, 2.75) is 19.1 Å². The van der Waals surface area contributed by atoms with Gasteiger partial charge in [-0.3, -0.25) is 0 Å². The number of anilines is 1. The number of aliphatic hydroxyl groups is 1. The Morgan fingerprint density at radius 3 is 2.52 bits per heavy atom. The Morgan fingerprint density at radius 1 is 1.22 bits per heavy atom. The van der Waals surface area contributed by atoms with Gasteiger partial charge in [0.2, 0.25) is 0 Å². The lowest BCUT2D eigenvalue weighted by atomic mass is 10.0. The zero-order valence-electron chi connectivity index (χ0n) is 12.9. The second-order valence-corrected chi connectivity index (χ2v) is 5.12. The second kappa shape index (κ2) is 7.60. The van der Waals surface area contributed by atoms with E-state index in [4.69, 9.17) is 4.74 Å². The summed E-state index contributed by atoms with van der Waals surface area (Å²) in [7, 11) is 1.56. The molecule has 0 aliphatic heterocycles. The summed E-state index contributed by atoms with van der Waals surface area (Å²) in [6.07, 6.45) is -0.876. The summed E-state index contributed by atoms with van der Waals surface area (Å²) in [4.78, 5) is 11.9. The molecule has 6 heteroatoms. The molecule has 0 radical (unpaired) electrons. The van der Waals surface area contributed by atoms with Crippen LogP contribution in [0.2, 0.25) is 0 Å². The zero-order valence-corrected chi connectivity index (χ0v) is 12.9. The van der Waals surface area contributed by atoms with E-state index in [1.165, 1.54) is 18.2 Å². The van der Waals surface area contributed by atoms with Gasteiger partial charge in [0.15, 0.2) is 0 Å². The molecule has 0 bridgehead atoms. The SMILES string of the molecule is COc1ccc(C(O)C(C)NC(=O)Nc2cccc(F)c2)cc1. The molecule has 2 rings (SSSR count). The van der Waals surface area contributed by atoms with Crippen LogP contribution < -0.4 is 15.4 Å². The number of benzene rings is 2. The average molecular weight is 318 g/mol. The lowest BCUT2D eigenvalue weighted by Gasteiger charge is -2.21. The number of methoxy groups -OCH3 is 1. The molecular weight excluding hydrogens is 299 g/mol. The van der Waals surface area contributed by atoms with Gasteiger partial charge in [0.25, 0.3) is 0 Å². The summed E-state index contributed by atoms with van der Waals surface area (Å²) in [6.45, 7) is 1.68. The number of rotatable bonds is 5. The molecule has 2 aromatic carbocycles. The molecule has 122 valence electrons. The number of hydrogen-bond donors (Lipinski definition) is 3. The van der Waals surface area contributed by atoms with Gasteiger partial charge in [-0.2, -0.15) is 0 Å². The Labute approximate surface area is 134 Å². The van der Waals surface area contributed by atoms with Gasteiger partial charge in [0.05, 0.1) is 19.3 Å². The van der Waals surface area contributed by atoms with Gasteiger partial charge in [-0.15, -0.1) is 0 Å². The molecule has 0 heterocycles. The van der Waals surface area contributed by atoms with Crippen LogP contribution in [-0.4, -0.2) is 24.3 Å². The third kappa shape index (κ3) is 4.69. The van der Waals surface area contributed by atoms with Crippen molar-refractivity contribution in [1.29, 1.82) is 0 Å². The highest BCUT2D eigenvalue weighted by Crippen LogP contribution is 2.20. The van der Waals surface area contributed by atoms with E-state index in [-0.39, 0.29) is 0 Å². The molecule has 0 aliphatic carbocycles. The van der Waals surface area contributed by atoms with Gasteiger partial charge in [0.1, 0.15) is 11.6 Å². The molecule has 3 N–H and O–H groups in total. The normalized spacial score (nSPS) is 13.0. The first kappa shape index (κ1) is 16.8. The summed E-state index contributed by atoms with van der Waals surface area (Å²) in [5, 5.41) is 15.4. The third-order valence-corrected chi connectivity index (χ3v) is 3.37. The molecule has 0 saturated carbocycles. The number of urea groups is 1. The van der Waals surface area contributed by atoms with Crippen molar-refractivity contribution in [2.75, 3.05) is 12.4 Å². The van der Waals surface area contributed by atoms with Crippen LogP contribution in [0.15, 0.2) is 48.5 Å². The Kier molecular flexibility index (Phi) is 5.54. The lowest BCUT2D eigenvalue weighted by Crippen LogP contribution is -2.39. The van der Waals surface area contributed by atoms with E-state index >= 15 is 0 Å². The fourth-order valence-corrected chi connectivity index (χ4v) is 2.11. The van der Waals surface area contributed by atoms with Crippen LogP contribution in [0.4, 0.5) is 14.9 Å². The van der Waals surface area contributed by atoms with Gasteiger partial charge in [-0.05, 0) is 42.8 Å². The number of hydrogen-bond acceptors (Lipinski definition) is 3. The smallest absolute Gasteiger partial charge is 0.319 e. The monoisotopic (exact) mass is 318 g/mol. The first-order valence-electron chi connectivity index (χ1n) is 7.14. The summed E-state index contributed by atoms with van der Waals surface area (Å²) in [5.74, 6) is 0.250. The fraction of sp³-hybridized carbons (Fsp3) is 0.235. The summed E-state index contributed by atoms with van der Waals surface area (Å²) >= 11 is 0. The van der Waals surface area contributed by atoms with E-state index in [1.807, 2.05) is 0 Å². The minimum atomic E-state index is -0.876. The standard InChI is InChI=1S/C17H19FN2O3/c1-11(16(21)12-6-8-15(23-2)9-7-12)19-17(22)20-14-5-3-4-13(18)10-14/h3-11,16,21H,1-2H3,(H2,19,20,22). The van der Waals surface area contributed by atoms with E-state index in [0.717, 1.165) is 0 Å². The highest BCUT2D eigenvalue weighted by atomic mass is 19.1. The molecule has 2 atom stereocenters. The summed E-state index contributed by atoms with van der Waals surface area (Å²) in [5.41, 5.74) is 0.998. The predicted octanol–water partition coefficient (Wildman–Crippen LogP) is 3.08. The van der Waals surface area contributed by atoms with Gasteiger partial charge in [-0.1, -0.05) is 18.2 Å². The largest absolute Gasteiger partial charge is 0.497 e. The van der Waals surface area contributed by atoms with Gasteiger partial charge in [0, 0.05) is 5.69 Å². The maximum atomic E-state index is 13.1. The number of nitrogens with one attached hydrogen (secondary N) is 2. The quantitative estimate of drug-likeness (QED) is 0.793. The van der Waals surface area contributed by atoms with E-state index in [2.05, 4.69) is 10.6 Å². The van der Waals surface area contributed by atoms with Crippen LogP contribution in [0.25, 0.3) is 0 Å². The number of carbonyl (C=O) groups excluding carboxylic acids is 1. The minimum Gasteiger partial charge on any atom is -0.497 e. The molecule has 0 aliphatic rings. The predicted molar refractivity (Wildman–Crippen MR) is 86.0 cm³/mol. The highest BCUT2D eigenvalue weighted by Gasteiger charge is 2.18. The fourth-order valence-electron chi connectivity index (χ4n) is 2.11. The van der Waals surface area contributed by atoms with Gasteiger partial charge in [-0.25, -0.2) is 9.18 Å². The van der Waals surface area contributed by atoms with Crippen LogP contribution in [0.1, 0.15) is 18.6 Å². The van der Waals surface area contributed by atoms with Crippen molar-refractivity contribution in [2.24, 2.45) is 0 Å². The molecule has 23 heavy (non-hydrogen) atoms. The zero-order chi connectivity index (χ0) is 16.8. The molecule has 0 saturated heterocycles. The number of halogens is 1. The number of amides is 2. The van der Waals surface area contributed by atoms with Crippen molar-refractivity contribution in [3.05, 3.63) is 59.9 Å². The lowest BCUT2D eigenvalue weighted by molar-refractivity contribution is 0.139.